The van der Waals surface area contributed by atoms with E-state index in [1.54, 1.807) is 0 Å². The minimum absolute atomic E-state index is 0.00329. The topological polar surface area (TPSA) is 47.0 Å². The Bertz CT molecular complexity index is 421. The predicted octanol–water partition coefficient (Wildman–Crippen LogP) is 4.47. The lowest BCUT2D eigenvalue weighted by atomic mass is 9.91. The molecule has 0 amide bonds. The molecule has 4 heteroatoms. The molecule has 1 aromatic heterocycles. The number of hydrogen-bond acceptors (Lipinski definition) is 4. The van der Waals surface area contributed by atoms with Gasteiger partial charge in [-0.1, -0.05) is 41.0 Å². The summed E-state index contributed by atoms with van der Waals surface area (Å²) < 4.78 is 5.84. The maximum Gasteiger partial charge on any atom is 0.159 e. The standard InChI is InChI=1S/C17H31N3O/c1-7-10-13(21-9-3)16-19-14(17(4,5)6)12-15(20-16)18-11-8-2/h12-13H,7-11H2,1-6H3,(H,18,19,20). The number of ether oxygens (including phenoxy) is 1. The summed E-state index contributed by atoms with van der Waals surface area (Å²) >= 11 is 0. The smallest absolute Gasteiger partial charge is 0.159 e. The number of anilines is 1. The second-order valence-electron chi connectivity index (χ2n) is 6.41. The normalized spacial score (nSPS) is 13.2. The van der Waals surface area contributed by atoms with E-state index in [0.29, 0.717) is 6.61 Å². The molecule has 0 fully saturated rings. The molecule has 1 N–H and O–H groups in total. The third kappa shape index (κ3) is 5.62. The first-order chi connectivity index (χ1) is 9.92. The van der Waals surface area contributed by atoms with Crippen molar-refractivity contribution in [2.75, 3.05) is 18.5 Å². The van der Waals surface area contributed by atoms with E-state index in [2.05, 4.69) is 51.0 Å². The van der Waals surface area contributed by atoms with Crippen LogP contribution in [0.15, 0.2) is 6.07 Å². The van der Waals surface area contributed by atoms with Crippen molar-refractivity contribution >= 4 is 5.82 Å². The van der Waals surface area contributed by atoms with Gasteiger partial charge in [0.15, 0.2) is 5.82 Å². The predicted molar refractivity (Wildman–Crippen MR) is 88.8 cm³/mol. The maximum absolute atomic E-state index is 5.84. The van der Waals surface area contributed by atoms with Gasteiger partial charge in [-0.25, -0.2) is 9.97 Å². The lowest BCUT2D eigenvalue weighted by Crippen LogP contribution is -2.19. The number of rotatable bonds is 8. The molecule has 21 heavy (non-hydrogen) atoms. The number of nitrogens with zero attached hydrogens (tertiary/aromatic N) is 2. The van der Waals surface area contributed by atoms with Gasteiger partial charge in [-0.3, -0.25) is 0 Å². The highest BCUT2D eigenvalue weighted by molar-refractivity contribution is 5.38. The zero-order chi connectivity index (χ0) is 15.9. The summed E-state index contributed by atoms with van der Waals surface area (Å²) in [5.41, 5.74) is 1.07. The molecule has 1 unspecified atom stereocenters. The molecule has 0 radical (unpaired) electrons. The van der Waals surface area contributed by atoms with Crippen molar-refractivity contribution in [3.05, 3.63) is 17.6 Å². The van der Waals surface area contributed by atoms with Crippen LogP contribution in [0, 0.1) is 0 Å². The Morgan fingerprint density at radius 2 is 1.86 bits per heavy atom. The number of hydrogen-bond donors (Lipinski definition) is 1. The minimum atomic E-state index is -0.00974. The van der Waals surface area contributed by atoms with E-state index < -0.39 is 0 Å². The van der Waals surface area contributed by atoms with Gasteiger partial charge in [0.25, 0.3) is 0 Å². The van der Waals surface area contributed by atoms with Gasteiger partial charge in [0.2, 0.25) is 0 Å². The molecular weight excluding hydrogens is 262 g/mol. The summed E-state index contributed by atoms with van der Waals surface area (Å²) in [5, 5.41) is 3.38. The second kappa shape index (κ2) is 8.32. The van der Waals surface area contributed by atoms with Crippen molar-refractivity contribution < 1.29 is 4.74 Å². The van der Waals surface area contributed by atoms with Gasteiger partial charge in [-0.2, -0.15) is 0 Å². The fourth-order valence-corrected chi connectivity index (χ4v) is 2.09. The average Bonchev–Trinajstić information content (AvgIpc) is 2.43. The maximum atomic E-state index is 5.84. The highest BCUT2D eigenvalue weighted by atomic mass is 16.5. The largest absolute Gasteiger partial charge is 0.371 e. The van der Waals surface area contributed by atoms with E-state index in [9.17, 15) is 0 Å². The molecule has 0 spiro atoms. The zero-order valence-electron chi connectivity index (χ0n) is 14.5. The molecule has 120 valence electrons. The number of aromatic nitrogens is 2. The molecule has 0 aromatic carbocycles. The summed E-state index contributed by atoms with van der Waals surface area (Å²) in [4.78, 5) is 9.45. The molecule has 0 aliphatic heterocycles. The van der Waals surface area contributed by atoms with Crippen LogP contribution in [-0.4, -0.2) is 23.1 Å². The first kappa shape index (κ1) is 17.9. The lowest BCUT2D eigenvalue weighted by Gasteiger charge is -2.22. The Balaban J connectivity index is 3.15. The monoisotopic (exact) mass is 293 g/mol. The van der Waals surface area contributed by atoms with Crippen LogP contribution in [0.1, 0.15) is 78.4 Å². The van der Waals surface area contributed by atoms with Crippen molar-refractivity contribution in [2.24, 2.45) is 0 Å². The second-order valence-corrected chi connectivity index (χ2v) is 6.41. The molecule has 0 aliphatic carbocycles. The van der Waals surface area contributed by atoms with E-state index >= 15 is 0 Å². The third-order valence-electron chi connectivity index (χ3n) is 3.27. The van der Waals surface area contributed by atoms with Gasteiger partial charge in [-0.15, -0.1) is 0 Å². The van der Waals surface area contributed by atoms with Crippen molar-refractivity contribution in [3.63, 3.8) is 0 Å². The molecule has 1 rings (SSSR count). The van der Waals surface area contributed by atoms with E-state index in [1.165, 1.54) is 0 Å². The molecule has 4 nitrogen and oxygen atoms in total. The van der Waals surface area contributed by atoms with Gasteiger partial charge in [-0.05, 0) is 19.8 Å². The molecule has 1 aromatic rings. The van der Waals surface area contributed by atoms with Crippen LogP contribution in [0.2, 0.25) is 0 Å². The van der Waals surface area contributed by atoms with Crippen molar-refractivity contribution in [1.82, 2.24) is 9.97 Å². The fraction of sp³-hybridized carbons (Fsp3) is 0.765. The summed E-state index contributed by atoms with van der Waals surface area (Å²) in [6.07, 6.45) is 3.08. The van der Waals surface area contributed by atoms with Crippen molar-refractivity contribution in [3.8, 4) is 0 Å². The molecule has 0 aliphatic rings. The Kier molecular flexibility index (Phi) is 7.09. The number of nitrogens with one attached hydrogen (secondary N) is 1. The van der Waals surface area contributed by atoms with Gasteiger partial charge < -0.3 is 10.1 Å². The summed E-state index contributed by atoms with van der Waals surface area (Å²) in [7, 11) is 0. The van der Waals surface area contributed by atoms with Crippen LogP contribution in [0.25, 0.3) is 0 Å². The SMILES string of the molecule is CCCNc1cc(C(C)(C)C)nc(C(CCC)OCC)n1. The molecule has 0 saturated heterocycles. The first-order valence-corrected chi connectivity index (χ1v) is 8.17. The van der Waals surface area contributed by atoms with Gasteiger partial charge >= 0.3 is 0 Å². The fourth-order valence-electron chi connectivity index (χ4n) is 2.09. The third-order valence-corrected chi connectivity index (χ3v) is 3.27. The Morgan fingerprint density at radius 1 is 1.14 bits per heavy atom. The van der Waals surface area contributed by atoms with Crippen molar-refractivity contribution in [1.29, 1.82) is 0 Å². The highest BCUT2D eigenvalue weighted by Gasteiger charge is 2.21. The van der Waals surface area contributed by atoms with E-state index in [-0.39, 0.29) is 11.5 Å². The van der Waals surface area contributed by atoms with Crippen LogP contribution in [0.5, 0.6) is 0 Å². The van der Waals surface area contributed by atoms with Gasteiger partial charge in [0.1, 0.15) is 11.9 Å². The highest BCUT2D eigenvalue weighted by Crippen LogP contribution is 2.26. The summed E-state index contributed by atoms with van der Waals surface area (Å²) in [5.74, 6) is 1.72. The van der Waals surface area contributed by atoms with Crippen LogP contribution in [-0.2, 0) is 10.2 Å². The van der Waals surface area contributed by atoms with Gasteiger partial charge in [0.05, 0.1) is 5.69 Å². The van der Waals surface area contributed by atoms with E-state index in [0.717, 1.165) is 43.1 Å². The zero-order valence-corrected chi connectivity index (χ0v) is 14.5. The van der Waals surface area contributed by atoms with Crippen LogP contribution in [0.3, 0.4) is 0 Å². The van der Waals surface area contributed by atoms with Crippen LogP contribution >= 0.6 is 0 Å². The quantitative estimate of drug-likeness (QED) is 0.768. The lowest BCUT2D eigenvalue weighted by molar-refractivity contribution is 0.0492. The molecule has 1 atom stereocenters. The molecule has 0 bridgehead atoms. The van der Waals surface area contributed by atoms with Crippen LogP contribution in [0.4, 0.5) is 5.82 Å². The van der Waals surface area contributed by atoms with Crippen molar-refractivity contribution in [2.45, 2.75) is 72.3 Å². The molecule has 1 heterocycles. The molecule has 0 saturated carbocycles. The Labute approximate surface area is 129 Å². The summed E-state index contributed by atoms with van der Waals surface area (Å²) in [6.45, 7) is 14.5. The first-order valence-electron chi connectivity index (χ1n) is 8.17. The van der Waals surface area contributed by atoms with Crippen LogP contribution < -0.4 is 5.32 Å². The molecular formula is C17H31N3O. The van der Waals surface area contributed by atoms with E-state index in [4.69, 9.17) is 9.72 Å². The summed E-state index contributed by atoms with van der Waals surface area (Å²) in [6, 6.07) is 2.06. The van der Waals surface area contributed by atoms with Gasteiger partial charge in [0, 0.05) is 24.6 Å². The van der Waals surface area contributed by atoms with E-state index in [1.807, 2.05) is 6.92 Å². The minimum Gasteiger partial charge on any atom is -0.371 e. The Morgan fingerprint density at radius 3 is 2.38 bits per heavy atom. The Hall–Kier alpha value is -1.16. The average molecular weight is 293 g/mol.